The second-order valence-electron chi connectivity index (χ2n) is 6.40. The lowest BCUT2D eigenvalue weighted by atomic mass is 10.1. The number of ether oxygens (including phenoxy) is 1. The predicted molar refractivity (Wildman–Crippen MR) is 111 cm³/mol. The van der Waals surface area contributed by atoms with Crippen molar-refractivity contribution in [3.63, 3.8) is 0 Å². The molecule has 2 aliphatic rings. The van der Waals surface area contributed by atoms with Crippen molar-refractivity contribution in [3.05, 3.63) is 35.2 Å². The zero-order chi connectivity index (χ0) is 17.9. The van der Waals surface area contributed by atoms with Gasteiger partial charge in [0.05, 0.1) is 24.5 Å². The highest BCUT2D eigenvalue weighted by atomic mass is 79.9. The van der Waals surface area contributed by atoms with Gasteiger partial charge in [0.15, 0.2) is 5.13 Å². The molecule has 2 fully saturated rings. The lowest BCUT2D eigenvalue weighted by molar-refractivity contribution is -0.0919. The molecule has 1 N–H and O–H groups in total. The summed E-state index contributed by atoms with van der Waals surface area (Å²) in [6.45, 7) is 7.52. The molecule has 0 unspecified atom stereocenters. The zero-order valence-corrected chi connectivity index (χ0v) is 17.4. The molecule has 2 saturated heterocycles. The molecule has 0 amide bonds. The van der Waals surface area contributed by atoms with Gasteiger partial charge in [-0.05, 0) is 12.1 Å². The largest absolute Gasteiger partial charge is 0.478 e. The summed E-state index contributed by atoms with van der Waals surface area (Å²) in [5.41, 5.74) is 2.14. The van der Waals surface area contributed by atoms with E-state index in [1.54, 1.807) is 23.5 Å². The lowest BCUT2D eigenvalue weighted by Crippen LogP contribution is -2.56. The Balaban J connectivity index is 0.00000210. The Kier molecular flexibility index (Phi) is 6.83. The Morgan fingerprint density at radius 1 is 1.00 bits per heavy atom. The van der Waals surface area contributed by atoms with Crippen molar-refractivity contribution >= 4 is 39.4 Å². The minimum absolute atomic E-state index is 0. The first kappa shape index (κ1) is 20.2. The minimum Gasteiger partial charge on any atom is -0.478 e. The van der Waals surface area contributed by atoms with E-state index in [0.29, 0.717) is 5.56 Å². The van der Waals surface area contributed by atoms with Crippen LogP contribution in [0.4, 0.5) is 5.13 Å². The van der Waals surface area contributed by atoms with Gasteiger partial charge in [-0.2, -0.15) is 0 Å². The first-order valence-electron chi connectivity index (χ1n) is 8.82. The number of piperazine rings is 1. The first-order chi connectivity index (χ1) is 12.7. The number of benzene rings is 1. The maximum atomic E-state index is 11.0. The molecule has 1 aromatic heterocycles. The third kappa shape index (κ3) is 4.67. The van der Waals surface area contributed by atoms with Gasteiger partial charge in [-0.1, -0.05) is 12.1 Å². The average Bonchev–Trinajstić information content (AvgIpc) is 3.19. The van der Waals surface area contributed by atoms with E-state index < -0.39 is 5.97 Å². The SMILES string of the molecule is Br.O=C(O)c1ccc(-c2csc(N3CCN(N4CCOCC4)CC3)n2)cc1. The number of hydrogen-bond donors (Lipinski definition) is 1. The Hall–Kier alpha value is -1.52. The van der Waals surface area contributed by atoms with Crippen molar-refractivity contribution in [3.8, 4) is 11.3 Å². The van der Waals surface area contributed by atoms with Crippen LogP contribution in [0.5, 0.6) is 0 Å². The Morgan fingerprint density at radius 2 is 1.63 bits per heavy atom. The predicted octanol–water partition coefficient (Wildman–Crippen LogP) is 2.46. The van der Waals surface area contributed by atoms with Crippen molar-refractivity contribution in [2.75, 3.05) is 57.4 Å². The molecule has 9 heteroatoms. The fourth-order valence-corrected chi connectivity index (χ4v) is 4.22. The smallest absolute Gasteiger partial charge is 0.335 e. The summed E-state index contributed by atoms with van der Waals surface area (Å²) in [4.78, 5) is 18.1. The van der Waals surface area contributed by atoms with Crippen molar-refractivity contribution < 1.29 is 14.6 Å². The van der Waals surface area contributed by atoms with Crippen LogP contribution in [-0.2, 0) is 4.74 Å². The molecule has 0 atom stereocenters. The molecule has 0 saturated carbocycles. The zero-order valence-electron chi connectivity index (χ0n) is 14.9. The average molecular weight is 455 g/mol. The monoisotopic (exact) mass is 454 g/mol. The Morgan fingerprint density at radius 3 is 2.26 bits per heavy atom. The van der Waals surface area contributed by atoms with E-state index in [1.807, 2.05) is 17.5 Å². The fraction of sp³-hybridized carbons (Fsp3) is 0.444. The van der Waals surface area contributed by atoms with Gasteiger partial charge in [-0.25, -0.2) is 19.8 Å². The van der Waals surface area contributed by atoms with Crippen LogP contribution in [0.2, 0.25) is 0 Å². The number of hydrogen-bond acceptors (Lipinski definition) is 7. The summed E-state index contributed by atoms with van der Waals surface area (Å²) >= 11 is 1.64. The van der Waals surface area contributed by atoms with Crippen LogP contribution in [0.25, 0.3) is 11.3 Å². The first-order valence-corrected chi connectivity index (χ1v) is 9.70. The highest BCUT2D eigenvalue weighted by Crippen LogP contribution is 2.28. The van der Waals surface area contributed by atoms with Crippen molar-refractivity contribution in [1.29, 1.82) is 0 Å². The van der Waals surface area contributed by atoms with Gasteiger partial charge in [0.1, 0.15) is 0 Å². The van der Waals surface area contributed by atoms with E-state index in [2.05, 4.69) is 14.9 Å². The van der Waals surface area contributed by atoms with Crippen molar-refractivity contribution in [2.45, 2.75) is 0 Å². The van der Waals surface area contributed by atoms with E-state index in [1.165, 1.54) is 0 Å². The Labute approximate surface area is 172 Å². The number of hydrazine groups is 1. The van der Waals surface area contributed by atoms with Crippen LogP contribution < -0.4 is 4.90 Å². The molecule has 0 aliphatic carbocycles. The number of aromatic nitrogens is 1. The number of morpholine rings is 1. The van der Waals surface area contributed by atoms with Crippen molar-refractivity contribution in [1.82, 2.24) is 15.0 Å². The van der Waals surface area contributed by atoms with E-state index in [9.17, 15) is 4.79 Å². The van der Waals surface area contributed by atoms with Crippen LogP contribution in [0.15, 0.2) is 29.6 Å². The van der Waals surface area contributed by atoms with Crippen LogP contribution in [0.1, 0.15) is 10.4 Å². The Bertz CT molecular complexity index is 756. The third-order valence-corrected chi connectivity index (χ3v) is 5.74. The number of carboxylic acid groups (broad SMARTS) is 1. The van der Waals surface area contributed by atoms with Crippen LogP contribution in [0, 0.1) is 0 Å². The van der Waals surface area contributed by atoms with Gasteiger partial charge < -0.3 is 14.7 Å². The molecule has 0 bridgehead atoms. The molecule has 1 aromatic carbocycles. The summed E-state index contributed by atoms with van der Waals surface area (Å²) in [5.74, 6) is -0.909. The standard InChI is InChI=1S/C18H22N4O3S.BrH/c23-17(24)15-3-1-14(2-4-15)16-13-26-18(19-16)20-5-7-21(8-6-20)22-9-11-25-12-10-22;/h1-4,13H,5-12H2,(H,23,24);1H. The number of halogens is 1. The molecule has 0 radical (unpaired) electrons. The molecule has 4 rings (SSSR count). The molecule has 0 spiro atoms. The second kappa shape index (κ2) is 9.11. The third-order valence-electron chi connectivity index (χ3n) is 4.83. The fourth-order valence-electron chi connectivity index (χ4n) is 3.33. The van der Waals surface area contributed by atoms with Gasteiger partial charge in [-0.15, -0.1) is 28.3 Å². The normalized spacial score (nSPS) is 18.9. The molecular formula is C18H23BrN4O3S. The number of nitrogens with zero attached hydrogens (tertiary/aromatic N) is 4. The van der Waals surface area contributed by atoms with E-state index in [-0.39, 0.29) is 17.0 Å². The van der Waals surface area contributed by atoms with Gasteiger partial charge in [0.25, 0.3) is 0 Å². The number of anilines is 1. The summed E-state index contributed by atoms with van der Waals surface area (Å²) in [6.07, 6.45) is 0. The summed E-state index contributed by atoms with van der Waals surface area (Å²) < 4.78 is 5.43. The van der Waals surface area contributed by atoms with Crippen LogP contribution in [0.3, 0.4) is 0 Å². The topological polar surface area (TPSA) is 69.1 Å². The maximum absolute atomic E-state index is 11.0. The number of thiazole rings is 1. The number of carboxylic acids is 1. The second-order valence-corrected chi connectivity index (χ2v) is 7.24. The van der Waals surface area contributed by atoms with Gasteiger partial charge in [0.2, 0.25) is 0 Å². The van der Waals surface area contributed by atoms with Crippen LogP contribution >= 0.6 is 28.3 Å². The number of carbonyl (C=O) groups is 1. The molecule has 2 aliphatic heterocycles. The van der Waals surface area contributed by atoms with E-state index in [4.69, 9.17) is 14.8 Å². The van der Waals surface area contributed by atoms with Gasteiger partial charge in [-0.3, -0.25) is 0 Å². The van der Waals surface area contributed by atoms with E-state index in [0.717, 1.165) is 68.9 Å². The number of rotatable bonds is 4. The molecule has 27 heavy (non-hydrogen) atoms. The highest BCUT2D eigenvalue weighted by Gasteiger charge is 2.24. The maximum Gasteiger partial charge on any atom is 0.335 e. The summed E-state index contributed by atoms with van der Waals surface area (Å²) in [7, 11) is 0. The van der Waals surface area contributed by atoms with Gasteiger partial charge >= 0.3 is 5.97 Å². The summed E-state index contributed by atoms with van der Waals surface area (Å²) in [5, 5.41) is 16.9. The van der Waals surface area contributed by atoms with E-state index >= 15 is 0 Å². The summed E-state index contributed by atoms with van der Waals surface area (Å²) in [6, 6.07) is 6.88. The molecule has 146 valence electrons. The molecule has 2 aromatic rings. The molecule has 7 nitrogen and oxygen atoms in total. The number of aromatic carboxylic acids is 1. The lowest BCUT2D eigenvalue weighted by Gasteiger charge is -2.42. The minimum atomic E-state index is -0.909. The van der Waals surface area contributed by atoms with Crippen molar-refractivity contribution in [2.24, 2.45) is 0 Å². The highest BCUT2D eigenvalue weighted by molar-refractivity contribution is 8.93. The molecular weight excluding hydrogens is 432 g/mol. The van der Waals surface area contributed by atoms with Gasteiger partial charge in [0, 0.05) is 50.2 Å². The molecule has 3 heterocycles. The van der Waals surface area contributed by atoms with Crippen LogP contribution in [-0.4, -0.2) is 78.6 Å². The quantitative estimate of drug-likeness (QED) is 0.760.